The van der Waals surface area contributed by atoms with Gasteiger partial charge in [0, 0.05) is 19.2 Å². The fourth-order valence-electron chi connectivity index (χ4n) is 3.98. The third kappa shape index (κ3) is 2.31. The SMILES string of the molecule is NC1CNCCC1(O[C@@H]1CCOC1)C1CCCC1. The van der Waals surface area contributed by atoms with Gasteiger partial charge in [0.1, 0.15) is 0 Å². The summed E-state index contributed by atoms with van der Waals surface area (Å²) in [5.41, 5.74) is 6.36. The molecule has 2 unspecified atom stereocenters. The van der Waals surface area contributed by atoms with Crippen molar-refractivity contribution in [2.24, 2.45) is 11.7 Å². The Hall–Kier alpha value is -0.160. The lowest BCUT2D eigenvalue weighted by molar-refractivity contribution is -0.151. The summed E-state index contributed by atoms with van der Waals surface area (Å²) in [6, 6.07) is 0.134. The molecule has 3 atom stereocenters. The van der Waals surface area contributed by atoms with Crippen molar-refractivity contribution in [3.63, 3.8) is 0 Å². The summed E-state index contributed by atoms with van der Waals surface area (Å²) < 4.78 is 12.0. The van der Waals surface area contributed by atoms with Gasteiger partial charge in [-0.1, -0.05) is 12.8 Å². The van der Waals surface area contributed by atoms with Crippen molar-refractivity contribution in [3.05, 3.63) is 0 Å². The maximum absolute atomic E-state index is 6.55. The van der Waals surface area contributed by atoms with E-state index in [2.05, 4.69) is 5.32 Å². The number of ether oxygens (including phenoxy) is 2. The number of nitrogens with two attached hydrogens (primary N) is 1. The van der Waals surface area contributed by atoms with Crippen LogP contribution in [0.3, 0.4) is 0 Å². The molecular weight excluding hydrogens is 228 g/mol. The highest BCUT2D eigenvalue weighted by Gasteiger charge is 2.48. The average Bonchev–Trinajstić information content (AvgIpc) is 3.04. The molecule has 2 aliphatic heterocycles. The van der Waals surface area contributed by atoms with Crippen LogP contribution in [0.2, 0.25) is 0 Å². The van der Waals surface area contributed by atoms with E-state index in [9.17, 15) is 0 Å². The maximum atomic E-state index is 6.55. The van der Waals surface area contributed by atoms with Crippen LogP contribution in [0.25, 0.3) is 0 Å². The van der Waals surface area contributed by atoms with E-state index < -0.39 is 0 Å². The van der Waals surface area contributed by atoms with E-state index >= 15 is 0 Å². The highest BCUT2D eigenvalue weighted by Crippen LogP contribution is 2.42. The van der Waals surface area contributed by atoms with Crippen LogP contribution < -0.4 is 11.1 Å². The van der Waals surface area contributed by atoms with Crippen molar-refractivity contribution in [3.8, 4) is 0 Å². The monoisotopic (exact) mass is 254 g/mol. The van der Waals surface area contributed by atoms with Crippen molar-refractivity contribution in [2.45, 2.75) is 56.3 Å². The molecule has 0 aromatic rings. The smallest absolute Gasteiger partial charge is 0.0889 e. The quantitative estimate of drug-likeness (QED) is 0.790. The molecule has 0 radical (unpaired) electrons. The van der Waals surface area contributed by atoms with Crippen LogP contribution in [0.15, 0.2) is 0 Å². The molecule has 18 heavy (non-hydrogen) atoms. The van der Waals surface area contributed by atoms with Crippen LogP contribution in [0.4, 0.5) is 0 Å². The Morgan fingerprint density at radius 3 is 2.72 bits per heavy atom. The standard InChI is InChI=1S/C14H26N2O2/c15-13-9-16-7-6-14(13,11-3-1-2-4-11)18-12-5-8-17-10-12/h11-13,16H,1-10,15H2/t12-,13?,14?/m1/s1. The molecule has 3 fully saturated rings. The van der Waals surface area contributed by atoms with Crippen LogP contribution in [0, 0.1) is 5.92 Å². The summed E-state index contributed by atoms with van der Waals surface area (Å²) in [6.45, 7) is 3.54. The topological polar surface area (TPSA) is 56.5 Å². The molecule has 104 valence electrons. The predicted octanol–water partition coefficient (Wildman–Crippen LogP) is 1.04. The summed E-state index contributed by atoms with van der Waals surface area (Å²) in [6.07, 6.45) is 7.65. The number of hydrogen-bond donors (Lipinski definition) is 2. The van der Waals surface area contributed by atoms with Crippen molar-refractivity contribution >= 4 is 0 Å². The lowest BCUT2D eigenvalue weighted by Crippen LogP contribution is -2.64. The molecule has 0 spiro atoms. The Kier molecular flexibility index (Phi) is 3.89. The number of piperidine rings is 1. The highest BCUT2D eigenvalue weighted by molar-refractivity contribution is 5.03. The van der Waals surface area contributed by atoms with Gasteiger partial charge in [-0.15, -0.1) is 0 Å². The van der Waals surface area contributed by atoms with E-state index in [0.717, 1.165) is 39.1 Å². The summed E-state index contributed by atoms with van der Waals surface area (Å²) in [4.78, 5) is 0. The molecule has 0 bridgehead atoms. The molecule has 4 nitrogen and oxygen atoms in total. The van der Waals surface area contributed by atoms with Gasteiger partial charge in [-0.2, -0.15) is 0 Å². The molecule has 3 N–H and O–H groups in total. The predicted molar refractivity (Wildman–Crippen MR) is 70.5 cm³/mol. The first kappa shape index (κ1) is 12.9. The molecule has 0 aromatic heterocycles. The van der Waals surface area contributed by atoms with Crippen LogP contribution in [-0.2, 0) is 9.47 Å². The lowest BCUT2D eigenvalue weighted by Gasteiger charge is -2.48. The molecule has 0 aromatic carbocycles. The van der Waals surface area contributed by atoms with E-state index in [1.807, 2.05) is 0 Å². The van der Waals surface area contributed by atoms with Gasteiger partial charge < -0.3 is 20.5 Å². The molecule has 3 aliphatic rings. The zero-order valence-corrected chi connectivity index (χ0v) is 11.2. The molecule has 0 amide bonds. The summed E-state index contributed by atoms with van der Waals surface area (Å²) >= 11 is 0. The van der Waals surface area contributed by atoms with Gasteiger partial charge in [0.05, 0.1) is 18.3 Å². The fourth-order valence-corrected chi connectivity index (χ4v) is 3.98. The Morgan fingerprint density at radius 1 is 1.22 bits per heavy atom. The zero-order chi connectivity index (χ0) is 12.4. The Balaban J connectivity index is 1.76. The third-order valence-electron chi connectivity index (χ3n) is 5.00. The van der Waals surface area contributed by atoms with Crippen LogP contribution in [0.5, 0.6) is 0 Å². The molecule has 4 heteroatoms. The number of rotatable bonds is 3. The van der Waals surface area contributed by atoms with E-state index in [-0.39, 0.29) is 17.7 Å². The Labute approximate surface area is 110 Å². The summed E-state index contributed by atoms with van der Waals surface area (Å²) in [5, 5.41) is 3.40. The van der Waals surface area contributed by atoms with Crippen LogP contribution >= 0.6 is 0 Å². The van der Waals surface area contributed by atoms with Crippen LogP contribution in [0.1, 0.15) is 38.5 Å². The van der Waals surface area contributed by atoms with Gasteiger partial charge in [0.2, 0.25) is 0 Å². The maximum Gasteiger partial charge on any atom is 0.0889 e. The first-order valence-corrected chi connectivity index (χ1v) is 7.53. The van der Waals surface area contributed by atoms with Crippen LogP contribution in [-0.4, -0.2) is 44.1 Å². The van der Waals surface area contributed by atoms with Gasteiger partial charge in [-0.05, 0) is 38.1 Å². The first-order chi connectivity index (χ1) is 8.81. The van der Waals surface area contributed by atoms with Crippen molar-refractivity contribution in [1.82, 2.24) is 5.32 Å². The second-order valence-corrected chi connectivity index (χ2v) is 6.10. The number of hydrogen-bond acceptors (Lipinski definition) is 4. The van der Waals surface area contributed by atoms with Crippen molar-refractivity contribution in [1.29, 1.82) is 0 Å². The van der Waals surface area contributed by atoms with Gasteiger partial charge in [-0.25, -0.2) is 0 Å². The molecule has 1 saturated carbocycles. The molecule has 2 saturated heterocycles. The van der Waals surface area contributed by atoms with Gasteiger partial charge in [-0.3, -0.25) is 0 Å². The summed E-state index contributed by atoms with van der Waals surface area (Å²) in [7, 11) is 0. The lowest BCUT2D eigenvalue weighted by atomic mass is 9.75. The minimum atomic E-state index is -0.0832. The minimum absolute atomic E-state index is 0.0832. The van der Waals surface area contributed by atoms with E-state index in [1.165, 1.54) is 25.7 Å². The van der Waals surface area contributed by atoms with Gasteiger partial charge in [0.25, 0.3) is 0 Å². The highest BCUT2D eigenvalue weighted by atomic mass is 16.6. The Bertz CT molecular complexity index is 275. The second-order valence-electron chi connectivity index (χ2n) is 6.10. The third-order valence-corrected chi connectivity index (χ3v) is 5.00. The summed E-state index contributed by atoms with van der Waals surface area (Å²) in [5.74, 6) is 0.662. The average molecular weight is 254 g/mol. The molecular formula is C14H26N2O2. The molecule has 2 heterocycles. The zero-order valence-electron chi connectivity index (χ0n) is 11.2. The fraction of sp³-hybridized carbons (Fsp3) is 1.00. The van der Waals surface area contributed by atoms with E-state index in [0.29, 0.717) is 5.92 Å². The number of nitrogens with one attached hydrogen (secondary N) is 1. The van der Waals surface area contributed by atoms with E-state index in [4.69, 9.17) is 15.2 Å². The van der Waals surface area contributed by atoms with Crippen molar-refractivity contribution < 1.29 is 9.47 Å². The van der Waals surface area contributed by atoms with Gasteiger partial charge >= 0.3 is 0 Å². The molecule has 3 rings (SSSR count). The van der Waals surface area contributed by atoms with Crippen molar-refractivity contribution in [2.75, 3.05) is 26.3 Å². The Morgan fingerprint density at radius 2 is 2.06 bits per heavy atom. The molecule has 1 aliphatic carbocycles. The first-order valence-electron chi connectivity index (χ1n) is 7.53. The second kappa shape index (κ2) is 5.45. The van der Waals surface area contributed by atoms with Gasteiger partial charge in [0.15, 0.2) is 0 Å². The van der Waals surface area contributed by atoms with E-state index in [1.54, 1.807) is 0 Å². The largest absolute Gasteiger partial charge is 0.379 e. The normalized spacial score (nSPS) is 42.5. The minimum Gasteiger partial charge on any atom is -0.379 e.